The molecule has 0 spiro atoms. The SMILES string of the molecule is CCOC(=O)C(C)(C)C(=O)COc1ccccc1C#N. The number of rotatable bonds is 6. The van der Waals surface area contributed by atoms with Crippen LogP contribution in [0.15, 0.2) is 24.3 Å². The first-order chi connectivity index (χ1) is 9.43. The van der Waals surface area contributed by atoms with Gasteiger partial charge in [0.2, 0.25) is 0 Å². The van der Waals surface area contributed by atoms with Crippen LogP contribution in [0.1, 0.15) is 26.3 Å². The van der Waals surface area contributed by atoms with Gasteiger partial charge in [0.05, 0.1) is 12.2 Å². The Kier molecular flexibility index (Phi) is 5.27. The second-order valence-electron chi connectivity index (χ2n) is 4.67. The molecular formula is C15H17NO4. The van der Waals surface area contributed by atoms with Gasteiger partial charge in [0, 0.05) is 0 Å². The molecule has 0 aliphatic heterocycles. The standard InChI is InChI=1S/C15H17NO4/c1-4-19-14(18)15(2,3)13(17)10-20-12-8-6-5-7-11(12)9-16/h5-8H,4,10H2,1-3H3. The first-order valence-electron chi connectivity index (χ1n) is 6.26. The number of Topliss-reactive ketones (excluding diaryl/α,β-unsaturated/α-hetero) is 1. The van der Waals surface area contributed by atoms with E-state index >= 15 is 0 Å². The monoisotopic (exact) mass is 275 g/mol. The molecule has 0 aliphatic rings. The highest BCUT2D eigenvalue weighted by atomic mass is 16.5. The molecule has 0 bridgehead atoms. The van der Waals surface area contributed by atoms with Crippen LogP contribution in [0.4, 0.5) is 0 Å². The molecule has 0 saturated heterocycles. The van der Waals surface area contributed by atoms with Crippen molar-refractivity contribution in [1.82, 2.24) is 0 Å². The molecule has 0 unspecified atom stereocenters. The van der Waals surface area contributed by atoms with Crippen molar-refractivity contribution in [2.45, 2.75) is 20.8 Å². The predicted octanol–water partition coefficient (Wildman–Crippen LogP) is 2.10. The van der Waals surface area contributed by atoms with Gasteiger partial charge in [0.15, 0.2) is 5.78 Å². The number of hydrogen-bond acceptors (Lipinski definition) is 5. The third kappa shape index (κ3) is 3.58. The second-order valence-corrected chi connectivity index (χ2v) is 4.67. The smallest absolute Gasteiger partial charge is 0.319 e. The zero-order valence-corrected chi connectivity index (χ0v) is 11.8. The molecule has 20 heavy (non-hydrogen) atoms. The molecule has 0 aromatic heterocycles. The van der Waals surface area contributed by atoms with E-state index in [4.69, 9.17) is 14.7 Å². The van der Waals surface area contributed by atoms with Crippen molar-refractivity contribution in [3.05, 3.63) is 29.8 Å². The summed E-state index contributed by atoms with van der Waals surface area (Å²) in [6, 6.07) is 8.58. The summed E-state index contributed by atoms with van der Waals surface area (Å²) in [6.07, 6.45) is 0. The summed E-state index contributed by atoms with van der Waals surface area (Å²) in [5, 5.41) is 8.91. The van der Waals surface area contributed by atoms with Gasteiger partial charge in [-0.2, -0.15) is 5.26 Å². The summed E-state index contributed by atoms with van der Waals surface area (Å²) in [4.78, 5) is 23.7. The summed E-state index contributed by atoms with van der Waals surface area (Å²) in [6.45, 7) is 4.59. The number of ketones is 1. The van der Waals surface area contributed by atoms with Gasteiger partial charge < -0.3 is 9.47 Å². The Bertz CT molecular complexity index is 543. The number of nitrogens with zero attached hydrogens (tertiary/aromatic N) is 1. The normalized spacial score (nSPS) is 10.5. The Morgan fingerprint density at radius 1 is 1.30 bits per heavy atom. The predicted molar refractivity (Wildman–Crippen MR) is 72.1 cm³/mol. The van der Waals surface area contributed by atoms with Crippen LogP contribution in [-0.2, 0) is 14.3 Å². The summed E-state index contributed by atoms with van der Waals surface area (Å²) in [5.41, 5.74) is -0.924. The van der Waals surface area contributed by atoms with Gasteiger partial charge in [0.1, 0.15) is 23.8 Å². The van der Waals surface area contributed by atoms with E-state index < -0.39 is 17.2 Å². The molecule has 0 aliphatic carbocycles. The largest absolute Gasteiger partial charge is 0.484 e. The number of para-hydroxylation sites is 1. The molecule has 0 fully saturated rings. The summed E-state index contributed by atoms with van der Waals surface area (Å²) < 4.78 is 10.2. The molecule has 0 saturated carbocycles. The van der Waals surface area contributed by atoms with Crippen LogP contribution in [0.5, 0.6) is 5.75 Å². The fourth-order valence-corrected chi connectivity index (χ4v) is 1.43. The molecule has 5 heteroatoms. The maximum Gasteiger partial charge on any atom is 0.319 e. The van der Waals surface area contributed by atoms with E-state index in [0.29, 0.717) is 11.3 Å². The summed E-state index contributed by atoms with van der Waals surface area (Å²) in [7, 11) is 0. The minimum absolute atomic E-state index is 0.216. The van der Waals surface area contributed by atoms with Gasteiger partial charge in [-0.05, 0) is 32.9 Å². The topological polar surface area (TPSA) is 76.4 Å². The van der Waals surface area contributed by atoms with Gasteiger partial charge in [-0.1, -0.05) is 12.1 Å². The van der Waals surface area contributed by atoms with Crippen molar-refractivity contribution in [3.63, 3.8) is 0 Å². The number of carbonyl (C=O) groups excluding carboxylic acids is 2. The Hall–Kier alpha value is -2.35. The molecule has 1 aromatic rings. The fourth-order valence-electron chi connectivity index (χ4n) is 1.43. The van der Waals surface area contributed by atoms with Crippen molar-refractivity contribution in [2.24, 2.45) is 5.41 Å². The van der Waals surface area contributed by atoms with E-state index in [0.717, 1.165) is 0 Å². The van der Waals surface area contributed by atoms with Crippen molar-refractivity contribution in [2.75, 3.05) is 13.2 Å². The Balaban J connectivity index is 2.72. The molecule has 0 atom stereocenters. The van der Waals surface area contributed by atoms with Gasteiger partial charge >= 0.3 is 5.97 Å². The van der Waals surface area contributed by atoms with E-state index in [1.165, 1.54) is 13.8 Å². The van der Waals surface area contributed by atoms with Gasteiger partial charge in [0.25, 0.3) is 0 Å². The van der Waals surface area contributed by atoms with E-state index in [2.05, 4.69) is 0 Å². The second kappa shape index (κ2) is 6.71. The molecule has 5 nitrogen and oxygen atoms in total. The number of ether oxygens (including phenoxy) is 2. The minimum atomic E-state index is -1.27. The zero-order chi connectivity index (χ0) is 15.2. The zero-order valence-electron chi connectivity index (χ0n) is 11.8. The Morgan fingerprint density at radius 3 is 2.55 bits per heavy atom. The first-order valence-corrected chi connectivity index (χ1v) is 6.26. The molecule has 106 valence electrons. The molecule has 0 N–H and O–H groups in total. The number of carbonyl (C=O) groups is 2. The molecular weight excluding hydrogens is 258 g/mol. The molecule has 0 heterocycles. The number of nitriles is 1. The lowest BCUT2D eigenvalue weighted by Gasteiger charge is -2.20. The van der Waals surface area contributed by atoms with Crippen LogP contribution in [-0.4, -0.2) is 25.0 Å². The average molecular weight is 275 g/mol. The number of benzene rings is 1. The lowest BCUT2D eigenvalue weighted by molar-refractivity contribution is -0.158. The van der Waals surface area contributed by atoms with Gasteiger partial charge in [-0.25, -0.2) is 0 Å². The summed E-state index contributed by atoms with van der Waals surface area (Å²) >= 11 is 0. The maximum atomic E-state index is 12.0. The number of esters is 1. The summed E-state index contributed by atoms with van der Waals surface area (Å²) in [5.74, 6) is -0.658. The molecule has 0 amide bonds. The minimum Gasteiger partial charge on any atom is -0.484 e. The third-order valence-electron chi connectivity index (χ3n) is 2.85. The quantitative estimate of drug-likeness (QED) is 0.587. The highest BCUT2D eigenvalue weighted by Crippen LogP contribution is 2.21. The fraction of sp³-hybridized carbons (Fsp3) is 0.400. The van der Waals surface area contributed by atoms with Crippen LogP contribution >= 0.6 is 0 Å². The average Bonchev–Trinajstić information content (AvgIpc) is 2.45. The van der Waals surface area contributed by atoms with Crippen molar-refractivity contribution < 1.29 is 19.1 Å². The van der Waals surface area contributed by atoms with E-state index in [-0.39, 0.29) is 13.2 Å². The van der Waals surface area contributed by atoms with Crippen molar-refractivity contribution in [1.29, 1.82) is 5.26 Å². The van der Waals surface area contributed by atoms with Gasteiger partial charge in [-0.15, -0.1) is 0 Å². The highest BCUT2D eigenvalue weighted by Gasteiger charge is 2.37. The van der Waals surface area contributed by atoms with Crippen molar-refractivity contribution >= 4 is 11.8 Å². The molecule has 1 rings (SSSR count). The van der Waals surface area contributed by atoms with Crippen LogP contribution in [0, 0.1) is 16.7 Å². The van der Waals surface area contributed by atoms with Crippen LogP contribution < -0.4 is 4.74 Å². The van der Waals surface area contributed by atoms with Crippen molar-refractivity contribution in [3.8, 4) is 11.8 Å². The van der Waals surface area contributed by atoms with Crippen LogP contribution in [0.2, 0.25) is 0 Å². The first kappa shape index (κ1) is 15.7. The third-order valence-corrected chi connectivity index (χ3v) is 2.85. The van der Waals surface area contributed by atoms with Crippen LogP contribution in [0.25, 0.3) is 0 Å². The lowest BCUT2D eigenvalue weighted by Crippen LogP contribution is -2.38. The lowest BCUT2D eigenvalue weighted by atomic mass is 9.88. The van der Waals surface area contributed by atoms with E-state index in [9.17, 15) is 9.59 Å². The maximum absolute atomic E-state index is 12.0. The molecule has 0 radical (unpaired) electrons. The van der Waals surface area contributed by atoms with Crippen LogP contribution in [0.3, 0.4) is 0 Å². The van der Waals surface area contributed by atoms with Gasteiger partial charge in [-0.3, -0.25) is 9.59 Å². The molecule has 1 aromatic carbocycles. The Labute approximate surface area is 118 Å². The van der Waals surface area contributed by atoms with E-state index in [1.807, 2.05) is 6.07 Å². The highest BCUT2D eigenvalue weighted by molar-refractivity contribution is 6.03. The number of hydrogen-bond donors (Lipinski definition) is 0. The Morgan fingerprint density at radius 2 is 1.95 bits per heavy atom. The van der Waals surface area contributed by atoms with E-state index in [1.54, 1.807) is 31.2 Å².